The summed E-state index contributed by atoms with van der Waals surface area (Å²) in [5, 5.41) is 15.3. The summed E-state index contributed by atoms with van der Waals surface area (Å²) in [4.78, 5) is 13.6. The van der Waals surface area contributed by atoms with Gasteiger partial charge in [0.2, 0.25) is 11.7 Å². The van der Waals surface area contributed by atoms with Gasteiger partial charge in [0.05, 0.1) is 0 Å². The second-order valence-corrected chi connectivity index (χ2v) is 7.31. The van der Waals surface area contributed by atoms with E-state index >= 15 is 0 Å². The maximum Gasteiger partial charge on any atom is 0.248 e. The van der Waals surface area contributed by atoms with Gasteiger partial charge < -0.3 is 5.32 Å². The third kappa shape index (κ3) is 3.89. The van der Waals surface area contributed by atoms with Gasteiger partial charge in [0, 0.05) is 11.3 Å². The summed E-state index contributed by atoms with van der Waals surface area (Å²) in [6, 6.07) is 14.2. The number of nitrogens with zero attached hydrogens (tertiary/aromatic N) is 4. The van der Waals surface area contributed by atoms with Crippen molar-refractivity contribution < 1.29 is 4.79 Å². The highest BCUT2D eigenvalue weighted by Gasteiger charge is 2.13. The van der Waals surface area contributed by atoms with E-state index in [0.717, 1.165) is 24.1 Å². The molecule has 6 nitrogen and oxygen atoms in total. The predicted molar refractivity (Wildman–Crippen MR) is 104 cm³/mol. The lowest BCUT2D eigenvalue weighted by molar-refractivity contribution is -0.117. The van der Waals surface area contributed by atoms with E-state index < -0.39 is 0 Å². The lowest BCUT2D eigenvalue weighted by Gasteiger charge is -2.07. The zero-order chi connectivity index (χ0) is 18.8. The summed E-state index contributed by atoms with van der Waals surface area (Å²) in [7, 11) is 0. The molecule has 1 aliphatic rings. The topological polar surface area (TPSA) is 72.7 Å². The van der Waals surface area contributed by atoms with Crippen LogP contribution in [0.1, 0.15) is 42.9 Å². The number of aromatic nitrogens is 4. The number of rotatable bonds is 5. The Morgan fingerprint density at radius 3 is 2.67 bits per heavy atom. The number of carbonyl (C=O) groups excluding carboxylic acids is 1. The number of hydrogen-bond acceptors (Lipinski definition) is 4. The van der Waals surface area contributed by atoms with Crippen LogP contribution in [0.25, 0.3) is 11.4 Å². The van der Waals surface area contributed by atoms with Crippen LogP contribution in [-0.2, 0) is 24.2 Å². The van der Waals surface area contributed by atoms with Crippen molar-refractivity contribution in [1.29, 1.82) is 0 Å². The molecule has 0 bridgehead atoms. The van der Waals surface area contributed by atoms with Crippen LogP contribution in [0.2, 0.25) is 0 Å². The SMILES string of the molecule is CC(C)c1ccc(-c2nnn(CC(=O)Nc3ccc4c(c3)CCC4)n2)cc1. The van der Waals surface area contributed by atoms with Crippen molar-refractivity contribution in [2.45, 2.75) is 45.6 Å². The first-order valence-corrected chi connectivity index (χ1v) is 9.38. The Balaban J connectivity index is 1.40. The summed E-state index contributed by atoms with van der Waals surface area (Å²) in [6.07, 6.45) is 3.41. The number of fused-ring (bicyclic) bond motifs is 1. The first-order chi connectivity index (χ1) is 13.1. The van der Waals surface area contributed by atoms with E-state index in [1.807, 2.05) is 18.2 Å². The zero-order valence-electron chi connectivity index (χ0n) is 15.6. The molecule has 1 aromatic heterocycles. The van der Waals surface area contributed by atoms with E-state index in [4.69, 9.17) is 0 Å². The largest absolute Gasteiger partial charge is 0.324 e. The molecule has 2 aromatic carbocycles. The van der Waals surface area contributed by atoms with Gasteiger partial charge in [-0.1, -0.05) is 44.2 Å². The molecule has 0 atom stereocenters. The number of carbonyl (C=O) groups is 1. The number of tetrazole rings is 1. The fraction of sp³-hybridized carbons (Fsp3) is 0.333. The predicted octanol–water partition coefficient (Wildman–Crippen LogP) is 3.59. The van der Waals surface area contributed by atoms with Crippen LogP contribution in [0, 0.1) is 0 Å². The number of amides is 1. The monoisotopic (exact) mass is 361 g/mol. The molecule has 1 aliphatic carbocycles. The summed E-state index contributed by atoms with van der Waals surface area (Å²) in [5.41, 5.74) is 5.70. The van der Waals surface area contributed by atoms with E-state index in [9.17, 15) is 4.79 Å². The molecule has 27 heavy (non-hydrogen) atoms. The standard InChI is InChI=1S/C21H23N5O/c1-14(2)15-6-8-17(9-7-15)21-23-25-26(24-21)13-20(27)22-19-11-10-16-4-3-5-18(16)12-19/h6-12,14H,3-5,13H2,1-2H3,(H,22,27). The van der Waals surface area contributed by atoms with Crippen molar-refractivity contribution in [2.75, 3.05) is 5.32 Å². The Bertz CT molecular complexity index is 959. The molecule has 4 rings (SSSR count). The first-order valence-electron chi connectivity index (χ1n) is 9.38. The Hall–Kier alpha value is -3.02. The highest BCUT2D eigenvalue weighted by Crippen LogP contribution is 2.25. The Labute approximate surface area is 158 Å². The van der Waals surface area contributed by atoms with E-state index in [1.54, 1.807) is 0 Å². The van der Waals surface area contributed by atoms with Gasteiger partial charge in [-0.15, -0.1) is 10.2 Å². The summed E-state index contributed by atoms with van der Waals surface area (Å²) in [6.45, 7) is 4.35. The Morgan fingerprint density at radius 2 is 1.89 bits per heavy atom. The highest BCUT2D eigenvalue weighted by molar-refractivity contribution is 5.90. The minimum absolute atomic E-state index is 0.0359. The normalized spacial score (nSPS) is 13.0. The molecule has 0 saturated carbocycles. The van der Waals surface area contributed by atoms with Crippen molar-refractivity contribution in [1.82, 2.24) is 20.2 Å². The second kappa shape index (κ2) is 7.31. The number of nitrogens with one attached hydrogen (secondary N) is 1. The van der Waals surface area contributed by atoms with Gasteiger partial charge in [-0.3, -0.25) is 4.79 Å². The van der Waals surface area contributed by atoms with Crippen molar-refractivity contribution in [2.24, 2.45) is 0 Å². The van der Waals surface area contributed by atoms with Crippen molar-refractivity contribution >= 4 is 11.6 Å². The molecular formula is C21H23N5O. The van der Waals surface area contributed by atoms with Gasteiger partial charge in [0.15, 0.2) is 0 Å². The number of aryl methyl sites for hydroxylation is 2. The fourth-order valence-corrected chi connectivity index (χ4v) is 3.42. The highest BCUT2D eigenvalue weighted by atomic mass is 16.2. The maximum absolute atomic E-state index is 12.3. The molecule has 1 heterocycles. The van der Waals surface area contributed by atoms with E-state index in [0.29, 0.717) is 11.7 Å². The Kier molecular flexibility index (Phi) is 4.71. The van der Waals surface area contributed by atoms with Crippen LogP contribution >= 0.6 is 0 Å². The van der Waals surface area contributed by atoms with Crippen LogP contribution < -0.4 is 5.32 Å². The first kappa shape index (κ1) is 17.4. The average molecular weight is 361 g/mol. The zero-order valence-corrected chi connectivity index (χ0v) is 15.6. The van der Waals surface area contributed by atoms with E-state index in [1.165, 1.54) is 27.9 Å². The molecule has 0 spiro atoms. The quantitative estimate of drug-likeness (QED) is 0.754. The van der Waals surface area contributed by atoms with Crippen molar-refractivity contribution in [3.05, 3.63) is 59.2 Å². The van der Waals surface area contributed by atoms with Crippen LogP contribution in [0.15, 0.2) is 42.5 Å². The molecular weight excluding hydrogens is 338 g/mol. The van der Waals surface area contributed by atoms with Crippen molar-refractivity contribution in [3.63, 3.8) is 0 Å². The molecule has 138 valence electrons. The van der Waals surface area contributed by atoms with E-state index in [2.05, 4.69) is 58.8 Å². The summed E-state index contributed by atoms with van der Waals surface area (Å²) in [5.74, 6) is 0.841. The summed E-state index contributed by atoms with van der Waals surface area (Å²) < 4.78 is 0. The van der Waals surface area contributed by atoms with Crippen LogP contribution in [-0.4, -0.2) is 26.1 Å². The third-order valence-corrected chi connectivity index (χ3v) is 4.96. The molecule has 0 saturated heterocycles. The molecule has 0 radical (unpaired) electrons. The van der Waals surface area contributed by atoms with Crippen molar-refractivity contribution in [3.8, 4) is 11.4 Å². The second-order valence-electron chi connectivity index (χ2n) is 7.31. The Morgan fingerprint density at radius 1 is 1.11 bits per heavy atom. The third-order valence-electron chi connectivity index (χ3n) is 4.96. The molecule has 3 aromatic rings. The van der Waals surface area contributed by atoms with Gasteiger partial charge in [0.1, 0.15) is 6.54 Å². The lowest BCUT2D eigenvalue weighted by atomic mass is 10.0. The van der Waals surface area contributed by atoms with Gasteiger partial charge in [-0.05, 0) is 59.2 Å². The molecule has 0 fully saturated rings. The minimum Gasteiger partial charge on any atom is -0.324 e. The van der Waals surface area contributed by atoms with Gasteiger partial charge >= 0.3 is 0 Å². The molecule has 1 amide bonds. The molecule has 0 aliphatic heterocycles. The van der Waals surface area contributed by atoms with E-state index in [-0.39, 0.29) is 12.5 Å². The molecule has 0 unspecified atom stereocenters. The maximum atomic E-state index is 12.3. The smallest absolute Gasteiger partial charge is 0.248 e. The van der Waals surface area contributed by atoms with Crippen LogP contribution in [0.3, 0.4) is 0 Å². The van der Waals surface area contributed by atoms with Gasteiger partial charge in [0.25, 0.3) is 0 Å². The summed E-state index contributed by atoms with van der Waals surface area (Å²) >= 11 is 0. The van der Waals surface area contributed by atoms with Gasteiger partial charge in [-0.25, -0.2) is 0 Å². The average Bonchev–Trinajstić information content (AvgIpc) is 3.30. The fourth-order valence-electron chi connectivity index (χ4n) is 3.42. The number of anilines is 1. The molecule has 6 heteroatoms. The van der Waals surface area contributed by atoms with Crippen LogP contribution in [0.5, 0.6) is 0 Å². The molecule has 1 N–H and O–H groups in total. The number of benzene rings is 2. The van der Waals surface area contributed by atoms with Gasteiger partial charge in [-0.2, -0.15) is 4.80 Å². The lowest BCUT2D eigenvalue weighted by Crippen LogP contribution is -2.20. The number of hydrogen-bond donors (Lipinski definition) is 1. The van der Waals surface area contributed by atoms with Crippen LogP contribution in [0.4, 0.5) is 5.69 Å². The minimum atomic E-state index is -0.160.